The lowest BCUT2D eigenvalue weighted by Gasteiger charge is -2.32. The van der Waals surface area contributed by atoms with E-state index in [-0.39, 0.29) is 5.82 Å². The Morgan fingerprint density at radius 1 is 1.50 bits per heavy atom. The highest BCUT2D eigenvalue weighted by Gasteiger charge is 2.21. The van der Waals surface area contributed by atoms with Gasteiger partial charge in [0.1, 0.15) is 10.6 Å². The minimum atomic E-state index is -0.440. The molecule has 1 aromatic rings. The molecule has 1 aliphatic rings. The molecule has 7 heteroatoms. The minimum Gasteiger partial charge on any atom is -0.465 e. The number of methoxy groups -OCH3 is 1. The van der Waals surface area contributed by atoms with Gasteiger partial charge < -0.3 is 15.8 Å². The lowest BCUT2D eigenvalue weighted by atomic mass is 10.1. The smallest absolute Gasteiger partial charge is 0.344 e. The fraction of sp³-hybridized carbons (Fsp3) is 0.692. The maximum atomic E-state index is 11.7. The first-order valence-corrected chi connectivity index (χ1v) is 7.72. The molecule has 1 aliphatic heterocycles. The molecule has 2 heterocycles. The van der Waals surface area contributed by atoms with Crippen LogP contribution >= 0.6 is 11.5 Å². The number of carbonyl (C=O) groups excluding carboxylic acids is 1. The summed E-state index contributed by atoms with van der Waals surface area (Å²) >= 11 is 1.20. The Morgan fingerprint density at radius 3 is 2.85 bits per heavy atom. The third-order valence-electron chi connectivity index (χ3n) is 3.68. The van der Waals surface area contributed by atoms with Gasteiger partial charge in [0, 0.05) is 12.6 Å². The van der Waals surface area contributed by atoms with Crippen molar-refractivity contribution in [1.29, 1.82) is 0 Å². The Kier molecular flexibility index (Phi) is 5.19. The summed E-state index contributed by atoms with van der Waals surface area (Å²) in [5.74, 6) is -0.209. The minimum absolute atomic E-state index is 0.231. The average molecular weight is 298 g/mol. The van der Waals surface area contributed by atoms with Crippen molar-refractivity contribution in [2.75, 3.05) is 37.8 Å². The van der Waals surface area contributed by atoms with Crippen molar-refractivity contribution in [3.63, 3.8) is 0 Å². The van der Waals surface area contributed by atoms with E-state index >= 15 is 0 Å². The number of nitrogens with one attached hydrogen (secondary N) is 1. The fourth-order valence-corrected chi connectivity index (χ4v) is 3.16. The van der Waals surface area contributed by atoms with Crippen LogP contribution in [0, 0.1) is 0 Å². The maximum Gasteiger partial charge on any atom is 0.344 e. The first kappa shape index (κ1) is 15.1. The quantitative estimate of drug-likeness (QED) is 0.807. The molecule has 1 saturated heterocycles. The summed E-state index contributed by atoms with van der Waals surface area (Å²) in [4.78, 5) is 14.1. The van der Waals surface area contributed by atoms with E-state index in [1.165, 1.54) is 37.9 Å². The topological polar surface area (TPSA) is 80.5 Å². The summed E-state index contributed by atoms with van der Waals surface area (Å²) in [6.45, 7) is 5.27. The van der Waals surface area contributed by atoms with Gasteiger partial charge in [-0.25, -0.2) is 4.79 Å². The summed E-state index contributed by atoms with van der Waals surface area (Å²) in [5.41, 5.74) is 6.07. The van der Waals surface area contributed by atoms with Gasteiger partial charge in [0.05, 0.1) is 7.11 Å². The van der Waals surface area contributed by atoms with Gasteiger partial charge in [-0.15, -0.1) is 0 Å². The number of nitrogens with two attached hydrogens (primary N) is 1. The van der Waals surface area contributed by atoms with E-state index in [4.69, 9.17) is 10.5 Å². The van der Waals surface area contributed by atoms with E-state index in [1.807, 2.05) is 0 Å². The van der Waals surface area contributed by atoms with Crippen molar-refractivity contribution in [2.45, 2.75) is 32.2 Å². The molecular weight excluding hydrogens is 276 g/mol. The van der Waals surface area contributed by atoms with Gasteiger partial charge in [0.2, 0.25) is 0 Å². The van der Waals surface area contributed by atoms with Crippen molar-refractivity contribution >= 4 is 28.3 Å². The Hall–Kier alpha value is -1.34. The number of esters is 1. The molecule has 0 saturated carbocycles. The van der Waals surface area contributed by atoms with Crippen LogP contribution in [-0.4, -0.2) is 48.0 Å². The normalized spacial score (nSPS) is 17.7. The van der Waals surface area contributed by atoms with E-state index in [0.717, 1.165) is 19.6 Å². The Balaban J connectivity index is 1.95. The number of carbonyl (C=O) groups is 1. The zero-order valence-electron chi connectivity index (χ0n) is 12.0. The number of piperidine rings is 1. The van der Waals surface area contributed by atoms with Gasteiger partial charge in [-0.05, 0) is 44.4 Å². The molecule has 0 aromatic carbocycles. The molecule has 0 aliphatic carbocycles. The molecule has 20 heavy (non-hydrogen) atoms. The van der Waals surface area contributed by atoms with Crippen LogP contribution < -0.4 is 11.1 Å². The van der Waals surface area contributed by atoms with Crippen LogP contribution in [0.2, 0.25) is 0 Å². The third kappa shape index (κ3) is 3.40. The number of hydrogen-bond acceptors (Lipinski definition) is 7. The first-order valence-electron chi connectivity index (χ1n) is 6.95. The molecule has 0 amide bonds. The highest BCUT2D eigenvalue weighted by Crippen LogP contribution is 2.27. The molecule has 1 fully saturated rings. The summed E-state index contributed by atoms with van der Waals surface area (Å²) < 4.78 is 8.76. The largest absolute Gasteiger partial charge is 0.465 e. The third-order valence-corrected chi connectivity index (χ3v) is 4.50. The molecule has 0 bridgehead atoms. The highest BCUT2D eigenvalue weighted by atomic mass is 32.1. The second-order valence-electron chi connectivity index (χ2n) is 5.09. The maximum absolute atomic E-state index is 11.7. The number of nitrogen functional groups attached to an aromatic ring is 1. The van der Waals surface area contributed by atoms with Crippen molar-refractivity contribution in [2.24, 2.45) is 0 Å². The summed E-state index contributed by atoms with van der Waals surface area (Å²) in [6.07, 6.45) is 3.87. The molecule has 6 nitrogen and oxygen atoms in total. The standard InChI is InChI=1S/C13H22N4O2S/c1-9(17-6-4-3-5-7-17)8-15-12-10(13(18)19-2)11(14)16-20-12/h9,15H,3-8H2,1-2H3,(H2,14,16). The van der Waals surface area contributed by atoms with E-state index in [0.29, 0.717) is 16.6 Å². The predicted octanol–water partition coefficient (Wildman–Crippen LogP) is 1.80. The molecule has 0 spiro atoms. The van der Waals surface area contributed by atoms with Crippen molar-refractivity contribution < 1.29 is 9.53 Å². The van der Waals surface area contributed by atoms with Crippen LogP contribution in [0.25, 0.3) is 0 Å². The second kappa shape index (κ2) is 6.90. The number of hydrogen-bond donors (Lipinski definition) is 2. The number of rotatable bonds is 5. The van der Waals surface area contributed by atoms with Crippen LogP contribution in [-0.2, 0) is 4.74 Å². The lowest BCUT2D eigenvalue weighted by molar-refractivity contribution is 0.0603. The molecule has 1 unspecified atom stereocenters. The van der Waals surface area contributed by atoms with Crippen LogP contribution in [0.1, 0.15) is 36.5 Å². The summed E-state index contributed by atoms with van der Waals surface area (Å²) in [5, 5.41) is 3.97. The van der Waals surface area contributed by atoms with E-state index in [1.54, 1.807) is 0 Å². The summed E-state index contributed by atoms with van der Waals surface area (Å²) in [7, 11) is 1.35. The highest BCUT2D eigenvalue weighted by molar-refractivity contribution is 7.11. The van der Waals surface area contributed by atoms with Gasteiger partial charge in [0.15, 0.2) is 5.82 Å². The van der Waals surface area contributed by atoms with E-state index in [9.17, 15) is 4.79 Å². The number of ether oxygens (including phenoxy) is 1. The van der Waals surface area contributed by atoms with Crippen LogP contribution in [0.5, 0.6) is 0 Å². The molecular formula is C13H22N4O2S. The predicted molar refractivity (Wildman–Crippen MR) is 81.2 cm³/mol. The number of likely N-dealkylation sites (tertiary alicyclic amines) is 1. The molecule has 2 rings (SSSR count). The van der Waals surface area contributed by atoms with Gasteiger partial charge in [-0.1, -0.05) is 6.42 Å². The molecule has 1 aromatic heterocycles. The zero-order valence-corrected chi connectivity index (χ0v) is 12.8. The SMILES string of the molecule is COC(=O)c1c(N)nsc1NCC(C)N1CCCCC1. The van der Waals surface area contributed by atoms with Crippen LogP contribution in [0.3, 0.4) is 0 Å². The van der Waals surface area contributed by atoms with Gasteiger partial charge >= 0.3 is 5.97 Å². The lowest BCUT2D eigenvalue weighted by Crippen LogP contribution is -2.41. The van der Waals surface area contributed by atoms with Gasteiger partial charge in [-0.3, -0.25) is 4.90 Å². The van der Waals surface area contributed by atoms with Crippen LogP contribution in [0.4, 0.5) is 10.8 Å². The summed E-state index contributed by atoms with van der Waals surface area (Å²) in [6, 6.07) is 0.420. The van der Waals surface area contributed by atoms with E-state index in [2.05, 4.69) is 21.5 Å². The van der Waals surface area contributed by atoms with E-state index < -0.39 is 5.97 Å². The number of aromatic nitrogens is 1. The Bertz CT molecular complexity index is 457. The van der Waals surface area contributed by atoms with Crippen LogP contribution in [0.15, 0.2) is 0 Å². The molecule has 1 atom stereocenters. The molecule has 112 valence electrons. The monoisotopic (exact) mass is 298 g/mol. The van der Waals surface area contributed by atoms with Crippen molar-refractivity contribution in [3.05, 3.63) is 5.56 Å². The average Bonchev–Trinajstić information content (AvgIpc) is 2.86. The Labute approximate surface area is 123 Å². The number of nitrogens with zero attached hydrogens (tertiary/aromatic N) is 2. The molecule has 3 N–H and O–H groups in total. The zero-order chi connectivity index (χ0) is 14.5. The van der Waals surface area contributed by atoms with Gasteiger partial charge in [0.25, 0.3) is 0 Å². The Morgan fingerprint density at radius 2 is 2.20 bits per heavy atom. The van der Waals surface area contributed by atoms with Crippen molar-refractivity contribution in [3.8, 4) is 0 Å². The fourth-order valence-electron chi connectivity index (χ4n) is 2.45. The van der Waals surface area contributed by atoms with Gasteiger partial charge in [-0.2, -0.15) is 4.37 Å². The first-order chi connectivity index (χ1) is 9.63. The molecule has 0 radical (unpaired) electrons. The van der Waals surface area contributed by atoms with Crippen molar-refractivity contribution in [1.82, 2.24) is 9.27 Å². The number of anilines is 2. The second-order valence-corrected chi connectivity index (χ2v) is 5.86.